The summed E-state index contributed by atoms with van der Waals surface area (Å²) in [6.07, 6.45) is 0. The first-order chi connectivity index (χ1) is 8.49. The molecule has 0 aliphatic heterocycles. The van der Waals surface area contributed by atoms with Gasteiger partial charge in [-0.2, -0.15) is 0 Å². The summed E-state index contributed by atoms with van der Waals surface area (Å²) < 4.78 is 1.61. The minimum atomic E-state index is -0.141. The van der Waals surface area contributed by atoms with Crippen LogP contribution in [0.5, 0.6) is 0 Å². The number of aryl methyl sites for hydroxylation is 1. The first kappa shape index (κ1) is 13.6. The van der Waals surface area contributed by atoms with E-state index in [9.17, 15) is 4.79 Å². The van der Waals surface area contributed by atoms with Gasteiger partial charge in [-0.3, -0.25) is 4.79 Å². The van der Waals surface area contributed by atoms with Crippen LogP contribution in [0.3, 0.4) is 0 Å². The second-order valence-corrected chi connectivity index (χ2v) is 6.42. The predicted octanol–water partition coefficient (Wildman–Crippen LogP) is 4.42. The summed E-state index contributed by atoms with van der Waals surface area (Å²) in [5, 5.41) is 4.72. The molecule has 0 saturated heterocycles. The highest BCUT2D eigenvalue weighted by molar-refractivity contribution is 9.11. The monoisotopic (exact) mass is 388 g/mol. The Kier molecular flexibility index (Phi) is 4.09. The smallest absolute Gasteiger partial charge is 0.266 e. The Hall–Kier alpha value is -0.850. The van der Waals surface area contributed by atoms with Crippen LogP contribution in [0.2, 0.25) is 0 Å². The van der Waals surface area contributed by atoms with Gasteiger partial charge in [0.15, 0.2) is 0 Å². The Morgan fingerprint density at radius 3 is 2.67 bits per heavy atom. The highest BCUT2D eigenvalue weighted by Gasteiger charge is 2.14. The van der Waals surface area contributed by atoms with Gasteiger partial charge >= 0.3 is 0 Å². The SMILES string of the molecule is Cc1ccsc1C(=O)Nc1c(N)cc(Br)cc1Br. The van der Waals surface area contributed by atoms with E-state index in [-0.39, 0.29) is 5.91 Å². The van der Waals surface area contributed by atoms with Crippen LogP contribution in [0.15, 0.2) is 32.5 Å². The van der Waals surface area contributed by atoms with Crippen LogP contribution in [0.25, 0.3) is 0 Å². The zero-order chi connectivity index (χ0) is 13.3. The maximum atomic E-state index is 12.1. The van der Waals surface area contributed by atoms with Crippen molar-refractivity contribution >= 4 is 60.5 Å². The molecule has 94 valence electrons. The summed E-state index contributed by atoms with van der Waals surface area (Å²) >= 11 is 8.14. The zero-order valence-corrected chi connectivity index (χ0v) is 13.4. The fourth-order valence-corrected chi connectivity index (χ4v) is 3.68. The number of anilines is 2. The summed E-state index contributed by atoms with van der Waals surface area (Å²) in [5.74, 6) is -0.141. The summed E-state index contributed by atoms with van der Waals surface area (Å²) in [6, 6.07) is 5.51. The first-order valence-electron chi connectivity index (χ1n) is 5.09. The molecule has 0 aliphatic rings. The van der Waals surface area contributed by atoms with Gasteiger partial charge < -0.3 is 11.1 Å². The van der Waals surface area contributed by atoms with Crippen molar-refractivity contribution in [3.8, 4) is 0 Å². The molecule has 0 fully saturated rings. The Balaban J connectivity index is 2.31. The van der Waals surface area contributed by atoms with Gasteiger partial charge in [-0.25, -0.2) is 0 Å². The van der Waals surface area contributed by atoms with Crippen molar-refractivity contribution in [2.24, 2.45) is 0 Å². The predicted molar refractivity (Wildman–Crippen MR) is 83.3 cm³/mol. The van der Waals surface area contributed by atoms with E-state index in [0.29, 0.717) is 16.3 Å². The first-order valence-corrected chi connectivity index (χ1v) is 7.55. The lowest BCUT2D eigenvalue weighted by atomic mass is 10.2. The Labute approximate surface area is 126 Å². The molecule has 0 radical (unpaired) electrons. The molecular weight excluding hydrogens is 380 g/mol. The van der Waals surface area contributed by atoms with Crippen molar-refractivity contribution in [2.45, 2.75) is 6.92 Å². The number of amides is 1. The van der Waals surface area contributed by atoms with E-state index in [1.165, 1.54) is 11.3 Å². The standard InChI is InChI=1S/C12H10Br2N2OS/c1-6-2-3-18-11(6)12(17)16-10-8(14)4-7(13)5-9(10)15/h2-5H,15H2,1H3,(H,16,17). The third-order valence-electron chi connectivity index (χ3n) is 2.39. The second-order valence-electron chi connectivity index (χ2n) is 3.74. The van der Waals surface area contributed by atoms with Crippen LogP contribution in [-0.2, 0) is 0 Å². The summed E-state index contributed by atoms with van der Waals surface area (Å²) in [6.45, 7) is 1.91. The van der Waals surface area contributed by atoms with E-state index >= 15 is 0 Å². The van der Waals surface area contributed by atoms with Crippen LogP contribution in [-0.4, -0.2) is 5.91 Å². The number of benzene rings is 1. The van der Waals surface area contributed by atoms with Crippen molar-refractivity contribution in [3.05, 3.63) is 43.0 Å². The minimum absolute atomic E-state index is 0.141. The van der Waals surface area contributed by atoms with Crippen molar-refractivity contribution in [1.82, 2.24) is 0 Å². The molecule has 1 aromatic carbocycles. The maximum Gasteiger partial charge on any atom is 0.266 e. The number of hydrogen-bond acceptors (Lipinski definition) is 3. The molecule has 0 atom stereocenters. The van der Waals surface area contributed by atoms with E-state index in [1.807, 2.05) is 24.4 Å². The van der Waals surface area contributed by atoms with Crippen LogP contribution >= 0.6 is 43.2 Å². The van der Waals surface area contributed by atoms with E-state index < -0.39 is 0 Å². The Morgan fingerprint density at radius 1 is 1.39 bits per heavy atom. The molecule has 3 nitrogen and oxygen atoms in total. The van der Waals surface area contributed by atoms with Gasteiger partial charge in [0.2, 0.25) is 0 Å². The summed E-state index contributed by atoms with van der Waals surface area (Å²) in [7, 11) is 0. The molecule has 0 unspecified atom stereocenters. The van der Waals surface area contributed by atoms with E-state index in [4.69, 9.17) is 5.73 Å². The van der Waals surface area contributed by atoms with E-state index in [0.717, 1.165) is 14.5 Å². The Bertz CT molecular complexity index is 587. The lowest BCUT2D eigenvalue weighted by Crippen LogP contribution is -2.13. The molecule has 6 heteroatoms. The fourth-order valence-electron chi connectivity index (χ4n) is 1.50. The third kappa shape index (κ3) is 2.76. The molecule has 2 aromatic rings. The van der Waals surface area contributed by atoms with Crippen LogP contribution in [0.1, 0.15) is 15.2 Å². The molecule has 1 aromatic heterocycles. The number of thiophene rings is 1. The Morgan fingerprint density at radius 2 is 2.11 bits per heavy atom. The molecule has 2 rings (SSSR count). The second kappa shape index (κ2) is 5.42. The summed E-state index contributed by atoms with van der Waals surface area (Å²) in [4.78, 5) is 12.8. The zero-order valence-electron chi connectivity index (χ0n) is 9.46. The number of carbonyl (C=O) groups excluding carboxylic acids is 1. The molecule has 1 amide bonds. The van der Waals surface area contributed by atoms with Gasteiger partial charge in [-0.1, -0.05) is 15.9 Å². The molecule has 1 heterocycles. The molecule has 18 heavy (non-hydrogen) atoms. The highest BCUT2D eigenvalue weighted by Crippen LogP contribution is 2.33. The van der Waals surface area contributed by atoms with Crippen LogP contribution in [0, 0.1) is 6.92 Å². The normalized spacial score (nSPS) is 10.4. The molecule has 3 N–H and O–H groups in total. The van der Waals surface area contributed by atoms with E-state index in [1.54, 1.807) is 6.07 Å². The highest BCUT2D eigenvalue weighted by atomic mass is 79.9. The average molecular weight is 390 g/mol. The number of hydrogen-bond donors (Lipinski definition) is 2. The van der Waals surface area contributed by atoms with Crippen molar-refractivity contribution < 1.29 is 4.79 Å². The number of nitrogens with one attached hydrogen (secondary N) is 1. The summed E-state index contributed by atoms with van der Waals surface area (Å²) in [5.41, 5.74) is 7.96. The molecular formula is C12H10Br2N2OS. The van der Waals surface area contributed by atoms with Crippen molar-refractivity contribution in [1.29, 1.82) is 0 Å². The average Bonchev–Trinajstić information content (AvgIpc) is 2.69. The maximum absolute atomic E-state index is 12.1. The van der Waals surface area contributed by atoms with Crippen molar-refractivity contribution in [3.63, 3.8) is 0 Å². The number of rotatable bonds is 2. The van der Waals surface area contributed by atoms with E-state index in [2.05, 4.69) is 37.2 Å². The molecule has 0 saturated carbocycles. The van der Waals surface area contributed by atoms with Crippen molar-refractivity contribution in [2.75, 3.05) is 11.1 Å². The van der Waals surface area contributed by atoms with Gasteiger partial charge in [-0.05, 0) is 52.0 Å². The third-order valence-corrected chi connectivity index (χ3v) is 4.49. The quantitative estimate of drug-likeness (QED) is 0.747. The number of halogens is 2. The fraction of sp³-hybridized carbons (Fsp3) is 0.0833. The number of nitrogen functional groups attached to an aromatic ring is 1. The molecule has 0 bridgehead atoms. The minimum Gasteiger partial charge on any atom is -0.397 e. The molecule has 0 aliphatic carbocycles. The van der Waals surface area contributed by atoms with Crippen LogP contribution < -0.4 is 11.1 Å². The lowest BCUT2D eigenvalue weighted by Gasteiger charge is -2.10. The van der Waals surface area contributed by atoms with Crippen LogP contribution in [0.4, 0.5) is 11.4 Å². The molecule has 0 spiro atoms. The number of carbonyl (C=O) groups is 1. The topological polar surface area (TPSA) is 55.1 Å². The van der Waals surface area contributed by atoms with Gasteiger partial charge in [0, 0.05) is 8.95 Å². The van der Waals surface area contributed by atoms with Gasteiger partial charge in [0.1, 0.15) is 0 Å². The number of nitrogens with two attached hydrogens (primary N) is 1. The lowest BCUT2D eigenvalue weighted by molar-refractivity contribution is 0.103. The van der Waals surface area contributed by atoms with Gasteiger partial charge in [0.05, 0.1) is 16.3 Å². The van der Waals surface area contributed by atoms with Gasteiger partial charge in [-0.15, -0.1) is 11.3 Å². The largest absolute Gasteiger partial charge is 0.397 e. The van der Waals surface area contributed by atoms with Gasteiger partial charge in [0.25, 0.3) is 5.91 Å².